The summed E-state index contributed by atoms with van der Waals surface area (Å²) < 4.78 is 0. The molecule has 0 aromatic heterocycles. The number of hydrogen-bond donors (Lipinski definition) is 1. The Bertz CT molecular complexity index is 90.7. The van der Waals surface area contributed by atoms with E-state index in [1.54, 1.807) is 0 Å². The minimum atomic E-state index is 0.872. The summed E-state index contributed by atoms with van der Waals surface area (Å²) >= 11 is 0. The molecule has 1 fully saturated rings. The van der Waals surface area contributed by atoms with E-state index in [2.05, 4.69) is 19.2 Å². The highest BCUT2D eigenvalue weighted by Crippen LogP contribution is 2.20. The smallest absolute Gasteiger partial charge is 0.0224 e. The van der Waals surface area contributed by atoms with Crippen molar-refractivity contribution in [3.05, 3.63) is 0 Å². The van der Waals surface area contributed by atoms with Crippen LogP contribution in [0.5, 0.6) is 0 Å². The van der Waals surface area contributed by atoms with E-state index in [4.69, 9.17) is 0 Å². The van der Waals surface area contributed by atoms with Crippen molar-refractivity contribution in [2.24, 2.45) is 0 Å². The van der Waals surface area contributed by atoms with Gasteiger partial charge in [-0.05, 0) is 12.8 Å². The average Bonchev–Trinajstić information content (AvgIpc) is 2.68. The van der Waals surface area contributed by atoms with Crippen LogP contribution < -0.4 is 5.32 Å². The van der Waals surface area contributed by atoms with Crippen molar-refractivity contribution in [1.82, 2.24) is 5.32 Å². The van der Waals surface area contributed by atoms with Crippen molar-refractivity contribution in [2.45, 2.75) is 58.0 Å². The zero-order valence-electron chi connectivity index (χ0n) is 7.19. The highest BCUT2D eigenvalue weighted by atomic mass is 15.1. The van der Waals surface area contributed by atoms with Gasteiger partial charge >= 0.3 is 0 Å². The van der Waals surface area contributed by atoms with Crippen LogP contribution in [0.1, 0.15) is 46.0 Å². The van der Waals surface area contributed by atoms with Crippen molar-refractivity contribution < 1.29 is 0 Å². The van der Waals surface area contributed by atoms with Gasteiger partial charge in [-0.15, -0.1) is 0 Å². The van der Waals surface area contributed by atoms with E-state index in [9.17, 15) is 0 Å². The zero-order valence-corrected chi connectivity index (χ0v) is 7.19. The molecule has 60 valence electrons. The topological polar surface area (TPSA) is 21.9 Å². The van der Waals surface area contributed by atoms with Crippen molar-refractivity contribution in [3.63, 3.8) is 0 Å². The first-order valence-electron chi connectivity index (χ1n) is 4.64. The van der Waals surface area contributed by atoms with Gasteiger partial charge in [0.1, 0.15) is 0 Å². The molecule has 1 nitrogen and oxygen atoms in total. The molecule has 1 rings (SSSR count). The Labute approximate surface area is 64.2 Å². The van der Waals surface area contributed by atoms with Crippen LogP contribution in [0.25, 0.3) is 0 Å². The molecule has 1 saturated heterocycles. The fourth-order valence-corrected chi connectivity index (χ4v) is 1.52. The fourth-order valence-electron chi connectivity index (χ4n) is 1.52. The van der Waals surface area contributed by atoms with E-state index in [0.717, 1.165) is 12.1 Å². The Hall–Kier alpha value is -0.0400. The van der Waals surface area contributed by atoms with Crippen LogP contribution in [-0.4, -0.2) is 12.1 Å². The summed E-state index contributed by atoms with van der Waals surface area (Å²) in [6, 6.07) is 1.76. The van der Waals surface area contributed by atoms with Crippen molar-refractivity contribution in [2.75, 3.05) is 0 Å². The predicted molar refractivity (Wildman–Crippen MR) is 45.1 cm³/mol. The molecule has 1 aliphatic rings. The second-order valence-corrected chi connectivity index (χ2v) is 3.28. The average molecular weight is 141 g/mol. The van der Waals surface area contributed by atoms with E-state index in [1.165, 1.54) is 32.1 Å². The monoisotopic (exact) mass is 141 g/mol. The summed E-state index contributed by atoms with van der Waals surface area (Å²) in [5.74, 6) is 0. The number of nitrogens with one attached hydrogen (secondary N) is 1. The van der Waals surface area contributed by atoms with Crippen LogP contribution in [0.2, 0.25) is 0 Å². The standard InChI is InChI=1S/C9H19N/c1-3-5-6-7-9-8(4-2)10-9/h8-10H,3-7H2,1-2H3. The van der Waals surface area contributed by atoms with Gasteiger partial charge in [0.2, 0.25) is 0 Å². The first-order valence-corrected chi connectivity index (χ1v) is 4.64. The van der Waals surface area contributed by atoms with Gasteiger partial charge in [-0.2, -0.15) is 0 Å². The third kappa shape index (κ3) is 2.30. The highest BCUT2D eigenvalue weighted by Gasteiger charge is 2.32. The van der Waals surface area contributed by atoms with E-state index in [0.29, 0.717) is 0 Å². The molecule has 0 amide bonds. The normalized spacial score (nSPS) is 30.6. The minimum absolute atomic E-state index is 0.872. The van der Waals surface area contributed by atoms with Gasteiger partial charge in [0.25, 0.3) is 0 Å². The molecule has 2 unspecified atom stereocenters. The number of hydrogen-bond acceptors (Lipinski definition) is 1. The lowest BCUT2D eigenvalue weighted by Crippen LogP contribution is -1.91. The first kappa shape index (κ1) is 8.06. The number of unbranched alkanes of at least 4 members (excludes halogenated alkanes) is 2. The van der Waals surface area contributed by atoms with E-state index >= 15 is 0 Å². The van der Waals surface area contributed by atoms with Crippen molar-refractivity contribution in [3.8, 4) is 0 Å². The fraction of sp³-hybridized carbons (Fsp3) is 1.00. The van der Waals surface area contributed by atoms with E-state index in [-0.39, 0.29) is 0 Å². The van der Waals surface area contributed by atoms with E-state index < -0.39 is 0 Å². The van der Waals surface area contributed by atoms with Crippen LogP contribution in [0.15, 0.2) is 0 Å². The van der Waals surface area contributed by atoms with Gasteiger partial charge in [-0.1, -0.05) is 33.1 Å². The summed E-state index contributed by atoms with van der Waals surface area (Å²) in [5, 5.41) is 3.48. The van der Waals surface area contributed by atoms with Crippen LogP contribution in [0, 0.1) is 0 Å². The summed E-state index contributed by atoms with van der Waals surface area (Å²) in [7, 11) is 0. The van der Waals surface area contributed by atoms with Crippen LogP contribution >= 0.6 is 0 Å². The quantitative estimate of drug-likeness (QED) is 0.460. The lowest BCUT2D eigenvalue weighted by molar-refractivity contribution is 0.647. The van der Waals surface area contributed by atoms with Crippen molar-refractivity contribution in [1.29, 1.82) is 0 Å². The number of rotatable bonds is 5. The van der Waals surface area contributed by atoms with Crippen LogP contribution in [0.4, 0.5) is 0 Å². The van der Waals surface area contributed by atoms with Crippen LogP contribution in [0.3, 0.4) is 0 Å². The molecule has 0 bridgehead atoms. The lowest BCUT2D eigenvalue weighted by Gasteiger charge is -1.94. The Kier molecular flexibility index (Phi) is 3.20. The van der Waals surface area contributed by atoms with Crippen LogP contribution in [-0.2, 0) is 0 Å². The molecule has 0 aromatic carbocycles. The molecule has 0 spiro atoms. The van der Waals surface area contributed by atoms with Gasteiger partial charge in [0, 0.05) is 12.1 Å². The molecule has 1 N–H and O–H groups in total. The molecule has 0 saturated carbocycles. The zero-order chi connectivity index (χ0) is 7.40. The summed E-state index contributed by atoms with van der Waals surface area (Å²) in [6.45, 7) is 4.52. The molecule has 1 heterocycles. The molecule has 10 heavy (non-hydrogen) atoms. The summed E-state index contributed by atoms with van der Waals surface area (Å²) in [6.07, 6.45) is 6.91. The Morgan fingerprint density at radius 1 is 1.10 bits per heavy atom. The molecular formula is C9H19N. The van der Waals surface area contributed by atoms with Gasteiger partial charge in [-0.3, -0.25) is 0 Å². The summed E-state index contributed by atoms with van der Waals surface area (Å²) in [4.78, 5) is 0. The second-order valence-electron chi connectivity index (χ2n) is 3.28. The van der Waals surface area contributed by atoms with Gasteiger partial charge in [0.15, 0.2) is 0 Å². The third-order valence-electron chi connectivity index (χ3n) is 2.36. The molecule has 2 atom stereocenters. The highest BCUT2D eigenvalue weighted by molar-refractivity contribution is 4.96. The maximum atomic E-state index is 3.48. The second kappa shape index (κ2) is 3.97. The molecule has 0 radical (unpaired) electrons. The lowest BCUT2D eigenvalue weighted by atomic mass is 10.1. The molecule has 1 aliphatic heterocycles. The summed E-state index contributed by atoms with van der Waals surface area (Å²) in [5.41, 5.74) is 0. The third-order valence-corrected chi connectivity index (χ3v) is 2.36. The SMILES string of the molecule is CCCCCC1NC1CC. The predicted octanol–water partition coefficient (Wildman–Crippen LogP) is 2.32. The Balaban J connectivity index is 1.87. The largest absolute Gasteiger partial charge is 0.308 e. The molecule has 1 heteroatoms. The first-order chi connectivity index (χ1) is 4.88. The molecule has 0 aliphatic carbocycles. The van der Waals surface area contributed by atoms with E-state index in [1.807, 2.05) is 0 Å². The molecule has 0 aromatic rings. The Morgan fingerprint density at radius 3 is 2.40 bits per heavy atom. The van der Waals surface area contributed by atoms with Gasteiger partial charge in [-0.25, -0.2) is 0 Å². The molecular weight excluding hydrogens is 122 g/mol. The Morgan fingerprint density at radius 2 is 1.90 bits per heavy atom. The van der Waals surface area contributed by atoms with Gasteiger partial charge in [0.05, 0.1) is 0 Å². The van der Waals surface area contributed by atoms with Crippen molar-refractivity contribution >= 4 is 0 Å². The van der Waals surface area contributed by atoms with Gasteiger partial charge < -0.3 is 5.32 Å². The minimum Gasteiger partial charge on any atom is -0.308 e. The maximum Gasteiger partial charge on any atom is 0.0224 e. The maximum absolute atomic E-state index is 3.48.